The molecule has 0 aliphatic carbocycles. The highest BCUT2D eigenvalue weighted by molar-refractivity contribution is 5.83. The van der Waals surface area contributed by atoms with E-state index in [1.54, 1.807) is 12.1 Å². The lowest BCUT2D eigenvalue weighted by Gasteiger charge is -2.38. The molecule has 0 amide bonds. The van der Waals surface area contributed by atoms with Gasteiger partial charge in [-0.15, -0.1) is 0 Å². The molecule has 1 fully saturated rings. The van der Waals surface area contributed by atoms with E-state index in [9.17, 15) is 24.9 Å². The summed E-state index contributed by atoms with van der Waals surface area (Å²) >= 11 is 0. The minimum Gasteiger partial charge on any atom is -0.479 e. The van der Waals surface area contributed by atoms with Gasteiger partial charge in [0, 0.05) is 0 Å². The predicted molar refractivity (Wildman–Crippen MR) is 96.8 cm³/mol. The van der Waals surface area contributed by atoms with Gasteiger partial charge >= 0.3 is 11.6 Å². The molecule has 1 aliphatic rings. The summed E-state index contributed by atoms with van der Waals surface area (Å²) in [4.78, 5) is 23.2. The second-order valence-electron chi connectivity index (χ2n) is 6.35. The number of benzene rings is 1. The molecule has 5 atom stereocenters. The quantitative estimate of drug-likeness (QED) is 0.571. The summed E-state index contributed by atoms with van der Waals surface area (Å²) in [5.41, 5.74) is -0.529. The first-order valence-corrected chi connectivity index (χ1v) is 8.65. The molecule has 1 aromatic carbocycles. The maximum atomic E-state index is 12.1. The van der Waals surface area contributed by atoms with Gasteiger partial charge in [-0.05, 0) is 42.1 Å². The fourth-order valence-electron chi connectivity index (χ4n) is 2.86. The summed E-state index contributed by atoms with van der Waals surface area (Å²) in [6.07, 6.45) is -4.28. The molecule has 2 heterocycles. The molecule has 9 nitrogen and oxygen atoms in total. The molecular weight excluding hydrogens is 372 g/mol. The Morgan fingerprint density at radius 3 is 2.61 bits per heavy atom. The van der Waals surface area contributed by atoms with Gasteiger partial charge in [0.1, 0.15) is 29.8 Å². The van der Waals surface area contributed by atoms with E-state index in [2.05, 4.69) is 0 Å². The molecule has 4 N–H and O–H groups in total. The van der Waals surface area contributed by atoms with Crippen LogP contribution in [-0.4, -0.2) is 57.1 Å². The van der Waals surface area contributed by atoms with E-state index in [0.717, 1.165) is 6.42 Å². The van der Waals surface area contributed by atoms with E-state index >= 15 is 0 Å². The van der Waals surface area contributed by atoms with E-state index in [0.29, 0.717) is 16.5 Å². The second-order valence-corrected chi connectivity index (χ2v) is 6.35. The number of hydrogen-bond donors (Lipinski definition) is 4. The highest BCUT2D eigenvalue weighted by Crippen LogP contribution is 2.26. The van der Waals surface area contributed by atoms with Crippen molar-refractivity contribution in [3.05, 3.63) is 46.5 Å². The summed E-state index contributed by atoms with van der Waals surface area (Å²) in [7, 11) is 0. The van der Waals surface area contributed by atoms with E-state index in [-0.39, 0.29) is 5.75 Å². The van der Waals surface area contributed by atoms with Gasteiger partial charge in [0.25, 0.3) is 0 Å². The second kappa shape index (κ2) is 8.11. The van der Waals surface area contributed by atoms with Crippen LogP contribution in [0.3, 0.4) is 0 Å². The first-order valence-electron chi connectivity index (χ1n) is 8.65. The van der Waals surface area contributed by atoms with Crippen molar-refractivity contribution < 1.29 is 39.1 Å². The largest absolute Gasteiger partial charge is 0.479 e. The van der Waals surface area contributed by atoms with E-state index in [1.807, 2.05) is 13.0 Å². The number of aliphatic hydroxyl groups is 3. The van der Waals surface area contributed by atoms with Crippen LogP contribution in [0.15, 0.2) is 39.6 Å². The minimum atomic E-state index is -1.80. The van der Waals surface area contributed by atoms with Crippen LogP contribution in [0.5, 0.6) is 5.75 Å². The molecule has 1 saturated heterocycles. The van der Waals surface area contributed by atoms with Gasteiger partial charge in [0.2, 0.25) is 6.29 Å². The first-order chi connectivity index (χ1) is 13.3. The zero-order valence-electron chi connectivity index (χ0n) is 14.9. The standard InChI is InChI=1S/C19H20O9/c1-2-3-4-10-7-9-8-11(5-6-12(9)18(25)26-10)27-19-15(22)13(20)14(21)16(28-19)17(23)24/h3-8,13-16,19-22H,2H2,1H3,(H,23,24)/b4-3+. The lowest BCUT2D eigenvalue weighted by Crippen LogP contribution is -2.61. The molecular formula is C19H20O9. The monoisotopic (exact) mass is 392 g/mol. The summed E-state index contributed by atoms with van der Waals surface area (Å²) in [5.74, 6) is -0.981. The third-order valence-corrected chi connectivity index (χ3v) is 4.33. The molecule has 0 bridgehead atoms. The molecule has 1 aromatic heterocycles. The van der Waals surface area contributed by atoms with Gasteiger partial charge in [-0.3, -0.25) is 0 Å². The average molecular weight is 392 g/mol. The number of rotatable bonds is 5. The number of hydrogen-bond acceptors (Lipinski definition) is 8. The van der Waals surface area contributed by atoms with Crippen molar-refractivity contribution in [3.8, 4) is 5.75 Å². The van der Waals surface area contributed by atoms with Gasteiger partial charge in [-0.2, -0.15) is 0 Å². The third kappa shape index (κ3) is 3.92. The van der Waals surface area contributed by atoms with Crippen molar-refractivity contribution in [2.75, 3.05) is 0 Å². The van der Waals surface area contributed by atoms with Crippen LogP contribution in [0, 0.1) is 0 Å². The summed E-state index contributed by atoms with van der Waals surface area (Å²) < 4.78 is 15.8. The molecule has 28 heavy (non-hydrogen) atoms. The van der Waals surface area contributed by atoms with Gasteiger partial charge in [0.15, 0.2) is 6.10 Å². The van der Waals surface area contributed by atoms with Crippen molar-refractivity contribution in [2.24, 2.45) is 0 Å². The summed E-state index contributed by atoms with van der Waals surface area (Å²) in [6, 6.07) is 6.01. The van der Waals surface area contributed by atoms with Crippen LogP contribution >= 0.6 is 0 Å². The van der Waals surface area contributed by atoms with Crippen LogP contribution < -0.4 is 10.4 Å². The Morgan fingerprint density at radius 1 is 1.18 bits per heavy atom. The highest BCUT2D eigenvalue weighted by atomic mass is 16.7. The van der Waals surface area contributed by atoms with E-state index in [4.69, 9.17) is 19.0 Å². The minimum absolute atomic E-state index is 0.167. The van der Waals surface area contributed by atoms with Crippen LogP contribution in [0.2, 0.25) is 0 Å². The van der Waals surface area contributed by atoms with Crippen molar-refractivity contribution in [1.82, 2.24) is 0 Å². The molecule has 9 heteroatoms. The number of carboxylic acids is 1. The molecule has 3 rings (SSSR count). The lowest BCUT2D eigenvalue weighted by atomic mass is 9.99. The smallest absolute Gasteiger partial charge is 0.344 e. The third-order valence-electron chi connectivity index (χ3n) is 4.33. The predicted octanol–water partition coefficient (Wildman–Crippen LogP) is 0.487. The number of aliphatic carboxylic acids is 1. The molecule has 1 aliphatic heterocycles. The Balaban J connectivity index is 1.90. The van der Waals surface area contributed by atoms with Crippen LogP contribution in [0.25, 0.3) is 16.8 Å². The maximum absolute atomic E-state index is 12.1. The average Bonchev–Trinajstić information content (AvgIpc) is 2.66. The normalized spacial score (nSPS) is 27.9. The maximum Gasteiger partial charge on any atom is 0.344 e. The number of carboxylic acid groups (broad SMARTS) is 1. The fraction of sp³-hybridized carbons (Fsp3) is 0.368. The molecule has 0 saturated carbocycles. The number of carbonyl (C=O) groups is 1. The Bertz CT molecular complexity index is 948. The van der Waals surface area contributed by atoms with Crippen molar-refractivity contribution >= 4 is 22.8 Å². The fourth-order valence-corrected chi connectivity index (χ4v) is 2.86. The summed E-state index contributed by atoms with van der Waals surface area (Å²) in [6.45, 7) is 1.94. The Hall–Kier alpha value is -2.72. The van der Waals surface area contributed by atoms with E-state index < -0.39 is 42.3 Å². The number of fused-ring (bicyclic) bond motifs is 1. The Labute approximate surface area is 159 Å². The number of ether oxygens (including phenoxy) is 2. The molecule has 150 valence electrons. The van der Waals surface area contributed by atoms with Gasteiger partial charge < -0.3 is 34.3 Å². The van der Waals surface area contributed by atoms with Gasteiger partial charge in [-0.25, -0.2) is 9.59 Å². The first kappa shape index (κ1) is 20.0. The zero-order valence-corrected chi connectivity index (χ0v) is 14.9. The van der Waals surface area contributed by atoms with Gasteiger partial charge in [0.05, 0.1) is 5.39 Å². The number of aliphatic hydroxyl groups excluding tert-OH is 3. The topological polar surface area (TPSA) is 147 Å². The van der Waals surface area contributed by atoms with Crippen LogP contribution in [0.4, 0.5) is 0 Å². The molecule has 5 unspecified atom stereocenters. The Morgan fingerprint density at radius 2 is 1.93 bits per heavy atom. The number of allylic oxidation sites excluding steroid dienone is 1. The highest BCUT2D eigenvalue weighted by Gasteiger charge is 2.48. The molecule has 2 aromatic rings. The van der Waals surface area contributed by atoms with Crippen molar-refractivity contribution in [1.29, 1.82) is 0 Å². The van der Waals surface area contributed by atoms with Gasteiger partial charge in [-0.1, -0.05) is 13.0 Å². The van der Waals surface area contributed by atoms with Crippen molar-refractivity contribution in [3.63, 3.8) is 0 Å². The SMILES string of the molecule is CC/C=C/c1cc2cc(OC3OC(C(=O)O)C(O)C(O)C3O)ccc2c(=O)o1. The zero-order chi connectivity index (χ0) is 20.4. The Kier molecular flexibility index (Phi) is 5.80. The van der Waals surface area contributed by atoms with Crippen LogP contribution in [0.1, 0.15) is 19.1 Å². The lowest BCUT2D eigenvalue weighted by molar-refractivity contribution is -0.271. The van der Waals surface area contributed by atoms with Crippen LogP contribution in [-0.2, 0) is 9.53 Å². The summed E-state index contributed by atoms with van der Waals surface area (Å²) in [5, 5.41) is 39.5. The van der Waals surface area contributed by atoms with E-state index in [1.165, 1.54) is 18.2 Å². The molecule has 0 radical (unpaired) electrons. The molecule has 0 spiro atoms. The van der Waals surface area contributed by atoms with Crippen molar-refractivity contribution in [2.45, 2.75) is 44.1 Å².